The van der Waals surface area contributed by atoms with Gasteiger partial charge < -0.3 is 19.7 Å². The van der Waals surface area contributed by atoms with Gasteiger partial charge in [0.2, 0.25) is 0 Å². The standard InChI is InChI=1S/C45H42O4S4/c1-51-38-22-24-40(25-23-38)53-30-35(47)27-49-37-18-14-33(15-19-37)45(43-8-4-2-6-41(43)42-7-3-5-9-44(42)45)32-12-16-36(17-13-32)48-26-34(46)29-52-39-20-10-31(28-50)11-21-39/h2-25,34-35,46-47,50H,26-30H2,1H3. The Hall–Kier alpha value is -3.76. The molecule has 2 N–H and O–H groups in total. The maximum atomic E-state index is 10.7. The van der Waals surface area contributed by atoms with Gasteiger partial charge in [-0.2, -0.15) is 12.6 Å². The number of rotatable bonds is 16. The van der Waals surface area contributed by atoms with Crippen LogP contribution in [0.25, 0.3) is 11.1 Å². The molecule has 0 heterocycles. The number of thioether (sulfide) groups is 3. The van der Waals surface area contributed by atoms with Crippen molar-refractivity contribution < 1.29 is 19.7 Å². The monoisotopic (exact) mass is 774 g/mol. The van der Waals surface area contributed by atoms with Crippen molar-refractivity contribution in [2.75, 3.05) is 31.0 Å². The highest BCUT2D eigenvalue weighted by Crippen LogP contribution is 2.56. The highest BCUT2D eigenvalue weighted by molar-refractivity contribution is 7.99. The molecular weight excluding hydrogens is 733 g/mol. The third kappa shape index (κ3) is 8.49. The molecule has 1 aliphatic carbocycles. The number of aliphatic hydroxyl groups is 2. The van der Waals surface area contributed by atoms with Crippen LogP contribution in [-0.2, 0) is 11.2 Å². The van der Waals surface area contributed by atoms with Crippen LogP contribution in [0.5, 0.6) is 11.5 Å². The summed E-state index contributed by atoms with van der Waals surface area (Å²) in [6.45, 7) is 0.419. The first-order valence-electron chi connectivity index (χ1n) is 17.6. The predicted molar refractivity (Wildman–Crippen MR) is 226 cm³/mol. The first-order chi connectivity index (χ1) is 26.0. The van der Waals surface area contributed by atoms with Crippen LogP contribution in [-0.4, -0.2) is 53.4 Å². The van der Waals surface area contributed by atoms with Crippen molar-refractivity contribution >= 4 is 47.9 Å². The van der Waals surface area contributed by atoms with E-state index < -0.39 is 17.6 Å². The molecule has 0 fully saturated rings. The Morgan fingerprint density at radius 2 is 0.962 bits per heavy atom. The minimum atomic E-state index is -0.609. The van der Waals surface area contributed by atoms with Crippen molar-refractivity contribution in [2.24, 2.45) is 0 Å². The van der Waals surface area contributed by atoms with Crippen molar-refractivity contribution in [1.82, 2.24) is 0 Å². The van der Waals surface area contributed by atoms with Crippen LogP contribution in [0, 0.1) is 0 Å². The summed E-state index contributed by atoms with van der Waals surface area (Å²) in [5.74, 6) is 3.23. The number of ether oxygens (including phenoxy) is 2. The fraction of sp³-hybridized carbons (Fsp3) is 0.200. The maximum Gasteiger partial charge on any atom is 0.119 e. The molecule has 0 amide bonds. The molecule has 6 aromatic rings. The Kier molecular flexibility index (Phi) is 12.5. The summed E-state index contributed by atoms with van der Waals surface area (Å²) in [7, 11) is 0. The van der Waals surface area contributed by atoms with E-state index >= 15 is 0 Å². The molecule has 0 aliphatic heterocycles. The molecule has 0 saturated carbocycles. The van der Waals surface area contributed by atoms with Gasteiger partial charge in [-0.25, -0.2) is 0 Å². The molecule has 4 nitrogen and oxygen atoms in total. The fourth-order valence-electron chi connectivity index (χ4n) is 6.85. The molecule has 53 heavy (non-hydrogen) atoms. The first-order valence-corrected chi connectivity index (χ1v) is 21.4. The van der Waals surface area contributed by atoms with E-state index in [9.17, 15) is 10.2 Å². The predicted octanol–water partition coefficient (Wildman–Crippen LogP) is 10.3. The Morgan fingerprint density at radius 3 is 1.40 bits per heavy atom. The van der Waals surface area contributed by atoms with E-state index in [2.05, 4.69) is 140 Å². The second kappa shape index (κ2) is 17.6. The number of benzene rings is 6. The molecule has 0 bridgehead atoms. The first kappa shape index (κ1) is 37.6. The van der Waals surface area contributed by atoms with Crippen LogP contribution in [0.2, 0.25) is 0 Å². The molecule has 270 valence electrons. The fourth-order valence-corrected chi connectivity index (χ4v) is 9.09. The van der Waals surface area contributed by atoms with Gasteiger partial charge in [-0.1, -0.05) is 84.9 Å². The molecule has 2 unspecified atom stereocenters. The zero-order valence-electron chi connectivity index (χ0n) is 29.4. The minimum absolute atomic E-state index is 0.206. The molecule has 0 saturated heterocycles. The summed E-state index contributed by atoms with van der Waals surface area (Å²) in [6, 6.07) is 50.6. The quantitative estimate of drug-likeness (QED) is 0.0668. The largest absolute Gasteiger partial charge is 0.491 e. The van der Waals surface area contributed by atoms with E-state index in [1.807, 2.05) is 24.3 Å². The Morgan fingerprint density at radius 1 is 0.547 bits per heavy atom. The van der Waals surface area contributed by atoms with Gasteiger partial charge in [0.15, 0.2) is 0 Å². The van der Waals surface area contributed by atoms with Crippen LogP contribution < -0.4 is 9.47 Å². The Bertz CT molecular complexity index is 1930. The van der Waals surface area contributed by atoms with E-state index in [-0.39, 0.29) is 13.2 Å². The summed E-state index contributed by atoms with van der Waals surface area (Å²) < 4.78 is 12.2. The molecule has 7 rings (SSSR count). The van der Waals surface area contributed by atoms with E-state index in [0.717, 1.165) is 20.9 Å². The van der Waals surface area contributed by atoms with E-state index in [1.54, 1.807) is 35.3 Å². The SMILES string of the molecule is CSc1ccc(SCC(O)COc2ccc(C3(c4ccc(OCC(O)CSc5ccc(CS)cc5)cc4)c4ccccc4-c4ccccc43)cc2)cc1. The van der Waals surface area contributed by atoms with Crippen LogP contribution in [0.3, 0.4) is 0 Å². The number of hydrogen-bond donors (Lipinski definition) is 3. The zero-order valence-corrected chi connectivity index (χ0v) is 32.8. The highest BCUT2D eigenvalue weighted by atomic mass is 32.2. The maximum absolute atomic E-state index is 10.7. The smallest absolute Gasteiger partial charge is 0.119 e. The second-order valence-electron chi connectivity index (χ2n) is 12.9. The van der Waals surface area contributed by atoms with Crippen molar-refractivity contribution in [3.63, 3.8) is 0 Å². The molecule has 8 heteroatoms. The van der Waals surface area contributed by atoms with Gasteiger partial charge in [0, 0.05) is 31.9 Å². The van der Waals surface area contributed by atoms with Gasteiger partial charge >= 0.3 is 0 Å². The van der Waals surface area contributed by atoms with Gasteiger partial charge in [-0.3, -0.25) is 0 Å². The summed E-state index contributed by atoms with van der Waals surface area (Å²) in [6.07, 6.45) is 0.856. The van der Waals surface area contributed by atoms with Crippen LogP contribution in [0.15, 0.2) is 160 Å². The van der Waals surface area contributed by atoms with Crippen LogP contribution in [0.1, 0.15) is 27.8 Å². The van der Waals surface area contributed by atoms with Crippen molar-refractivity contribution in [3.05, 3.63) is 173 Å². The van der Waals surface area contributed by atoms with Gasteiger partial charge in [0.1, 0.15) is 24.7 Å². The average molecular weight is 775 g/mol. The average Bonchev–Trinajstić information content (AvgIpc) is 3.52. The Labute approximate surface area is 330 Å². The van der Waals surface area contributed by atoms with E-state index in [1.165, 1.54) is 32.7 Å². The highest BCUT2D eigenvalue weighted by Gasteiger charge is 2.45. The lowest BCUT2D eigenvalue weighted by Crippen LogP contribution is -2.28. The number of aliphatic hydroxyl groups excluding tert-OH is 2. The van der Waals surface area contributed by atoms with Crippen molar-refractivity contribution in [2.45, 2.75) is 38.1 Å². The summed E-state index contributed by atoms with van der Waals surface area (Å²) in [5.41, 5.74) is 7.72. The lowest BCUT2D eigenvalue weighted by atomic mass is 9.68. The summed E-state index contributed by atoms with van der Waals surface area (Å²) >= 11 is 9.29. The van der Waals surface area contributed by atoms with Gasteiger partial charge in [-0.15, -0.1) is 35.3 Å². The molecule has 1 aliphatic rings. The van der Waals surface area contributed by atoms with Gasteiger partial charge in [0.05, 0.1) is 17.6 Å². The Balaban J connectivity index is 1.07. The number of fused-ring (bicyclic) bond motifs is 3. The number of hydrogen-bond acceptors (Lipinski definition) is 8. The lowest BCUT2D eigenvalue weighted by Gasteiger charge is -2.34. The lowest BCUT2D eigenvalue weighted by molar-refractivity contribution is 0.126. The molecule has 2 atom stereocenters. The zero-order chi connectivity index (χ0) is 36.6. The van der Waals surface area contributed by atoms with Crippen LogP contribution >= 0.6 is 47.9 Å². The van der Waals surface area contributed by atoms with E-state index in [0.29, 0.717) is 28.8 Å². The minimum Gasteiger partial charge on any atom is -0.491 e. The second-order valence-corrected chi connectivity index (χ2v) is 16.3. The van der Waals surface area contributed by atoms with Gasteiger partial charge in [-0.05, 0) is 106 Å². The molecule has 0 aromatic heterocycles. The molecule has 0 spiro atoms. The van der Waals surface area contributed by atoms with E-state index in [4.69, 9.17) is 9.47 Å². The molecule has 0 radical (unpaired) electrons. The van der Waals surface area contributed by atoms with Crippen molar-refractivity contribution in [3.8, 4) is 22.6 Å². The van der Waals surface area contributed by atoms with Crippen molar-refractivity contribution in [1.29, 1.82) is 0 Å². The molecule has 6 aromatic carbocycles. The topological polar surface area (TPSA) is 58.9 Å². The van der Waals surface area contributed by atoms with Gasteiger partial charge in [0.25, 0.3) is 0 Å². The summed E-state index contributed by atoms with van der Waals surface area (Å²) in [5, 5.41) is 21.4. The third-order valence-corrected chi connectivity index (χ3v) is 12.9. The molecular formula is C45H42O4S4. The summed E-state index contributed by atoms with van der Waals surface area (Å²) in [4.78, 5) is 3.47. The van der Waals surface area contributed by atoms with Crippen LogP contribution in [0.4, 0.5) is 0 Å². The normalized spacial score (nSPS) is 13.9. The number of thiol groups is 1. The third-order valence-electron chi connectivity index (χ3n) is 9.46.